The van der Waals surface area contributed by atoms with Crippen molar-refractivity contribution in [3.63, 3.8) is 0 Å². The molecule has 34 heavy (non-hydrogen) atoms. The molecule has 0 aromatic rings. The molecule has 5 N–H and O–H groups in total. The normalized spacial score (nSPS) is 19.1. The molecule has 0 aromatic carbocycles. The van der Waals surface area contributed by atoms with Gasteiger partial charge in [-0.2, -0.15) is 0 Å². The average molecular weight is 483 g/mol. The van der Waals surface area contributed by atoms with Gasteiger partial charge >= 0.3 is 5.97 Å². The van der Waals surface area contributed by atoms with Crippen molar-refractivity contribution in [2.75, 3.05) is 13.2 Å². The van der Waals surface area contributed by atoms with Gasteiger partial charge in [-0.3, -0.25) is 19.2 Å². The van der Waals surface area contributed by atoms with Crippen molar-refractivity contribution in [3.8, 4) is 0 Å². The van der Waals surface area contributed by atoms with E-state index in [2.05, 4.69) is 21.3 Å². The minimum atomic E-state index is -1.22. The predicted octanol–water partition coefficient (Wildman–Crippen LogP) is -0.467. The van der Waals surface area contributed by atoms with Crippen molar-refractivity contribution < 1.29 is 33.8 Å². The lowest BCUT2D eigenvalue weighted by molar-refractivity contribution is -0.137. The molecule has 0 aliphatic carbocycles. The molecule has 0 saturated carbocycles. The van der Waals surface area contributed by atoms with E-state index < -0.39 is 47.9 Å². The standard InChI is InChI=1S/C23H38N4O7/c1-6-34-19(30)8-7-17(12-16-9-10-24-21(16)31)26-22(32)18(11-13(2)3)27-23(33)20(14(4)28)25-15(5)29/h7-8,13-14,16-18,20,28H,6,9-12H2,1-5H3,(H,24,31)(H,25,29)(H,26,32)(H,27,33)/t14?,16-,17+,18-,20-/m0/s1. The number of ether oxygens (including phenoxy) is 1. The molecule has 1 saturated heterocycles. The number of rotatable bonds is 13. The van der Waals surface area contributed by atoms with Crippen molar-refractivity contribution in [2.24, 2.45) is 11.8 Å². The summed E-state index contributed by atoms with van der Waals surface area (Å²) in [5.41, 5.74) is 0. The van der Waals surface area contributed by atoms with Crippen molar-refractivity contribution in [3.05, 3.63) is 12.2 Å². The maximum absolute atomic E-state index is 13.1. The zero-order valence-corrected chi connectivity index (χ0v) is 20.6. The minimum absolute atomic E-state index is 0.0379. The van der Waals surface area contributed by atoms with Crippen molar-refractivity contribution in [1.82, 2.24) is 21.3 Å². The number of nitrogens with one attached hydrogen (secondary N) is 4. The van der Waals surface area contributed by atoms with Crippen LogP contribution in [0, 0.1) is 11.8 Å². The molecule has 0 spiro atoms. The van der Waals surface area contributed by atoms with Crippen LogP contribution in [0.25, 0.3) is 0 Å². The number of esters is 1. The second kappa shape index (κ2) is 14.3. The second-order valence-corrected chi connectivity index (χ2v) is 8.85. The molecular formula is C23H38N4O7. The molecule has 1 aliphatic rings. The van der Waals surface area contributed by atoms with Gasteiger partial charge in [-0.15, -0.1) is 0 Å². The Bertz CT molecular complexity index is 766. The Kier molecular flexibility index (Phi) is 12.3. The number of carbonyl (C=O) groups excluding carboxylic acids is 5. The summed E-state index contributed by atoms with van der Waals surface area (Å²) in [4.78, 5) is 61.1. The Hall–Kier alpha value is -2.95. The molecule has 1 unspecified atom stereocenters. The van der Waals surface area contributed by atoms with Gasteiger partial charge in [-0.25, -0.2) is 4.79 Å². The molecule has 1 rings (SSSR count). The Labute approximate surface area is 200 Å². The monoisotopic (exact) mass is 482 g/mol. The van der Waals surface area contributed by atoms with Crippen LogP contribution in [0.4, 0.5) is 0 Å². The van der Waals surface area contributed by atoms with Crippen LogP contribution in [0.3, 0.4) is 0 Å². The third-order valence-electron chi connectivity index (χ3n) is 5.24. The van der Waals surface area contributed by atoms with Gasteiger partial charge < -0.3 is 31.1 Å². The minimum Gasteiger partial charge on any atom is -0.463 e. The van der Waals surface area contributed by atoms with E-state index in [1.54, 1.807) is 6.92 Å². The molecular weight excluding hydrogens is 444 g/mol. The molecule has 1 fully saturated rings. The van der Waals surface area contributed by atoms with Crippen molar-refractivity contribution in [2.45, 2.75) is 78.1 Å². The number of hydrogen-bond acceptors (Lipinski definition) is 7. The Morgan fingerprint density at radius 2 is 1.82 bits per heavy atom. The van der Waals surface area contributed by atoms with Gasteiger partial charge in [0.2, 0.25) is 23.6 Å². The predicted molar refractivity (Wildman–Crippen MR) is 124 cm³/mol. The second-order valence-electron chi connectivity index (χ2n) is 8.85. The first-order valence-corrected chi connectivity index (χ1v) is 11.6. The largest absolute Gasteiger partial charge is 0.463 e. The van der Waals surface area contributed by atoms with Crippen LogP contribution < -0.4 is 21.3 Å². The summed E-state index contributed by atoms with van der Waals surface area (Å²) in [7, 11) is 0. The zero-order valence-electron chi connectivity index (χ0n) is 20.6. The Morgan fingerprint density at radius 1 is 1.15 bits per heavy atom. The van der Waals surface area contributed by atoms with Crippen LogP contribution in [0.2, 0.25) is 0 Å². The lowest BCUT2D eigenvalue weighted by Crippen LogP contribution is -2.57. The third kappa shape index (κ3) is 10.3. The van der Waals surface area contributed by atoms with Crippen LogP contribution in [0.1, 0.15) is 53.9 Å². The fourth-order valence-electron chi connectivity index (χ4n) is 3.62. The Morgan fingerprint density at radius 3 is 2.32 bits per heavy atom. The molecule has 11 heteroatoms. The molecule has 1 heterocycles. The van der Waals surface area contributed by atoms with Crippen LogP contribution >= 0.6 is 0 Å². The molecule has 192 valence electrons. The lowest BCUT2D eigenvalue weighted by Gasteiger charge is -2.27. The molecule has 0 radical (unpaired) electrons. The molecule has 4 amide bonds. The number of carbonyl (C=O) groups is 5. The smallest absolute Gasteiger partial charge is 0.330 e. The summed E-state index contributed by atoms with van der Waals surface area (Å²) < 4.78 is 4.89. The van der Waals surface area contributed by atoms with Gasteiger partial charge in [0, 0.05) is 31.5 Å². The quantitative estimate of drug-likeness (QED) is 0.175. The summed E-state index contributed by atoms with van der Waals surface area (Å²) >= 11 is 0. The summed E-state index contributed by atoms with van der Waals surface area (Å²) in [6.45, 7) is 8.77. The number of aliphatic hydroxyl groups is 1. The SMILES string of the molecule is CCOC(=O)C=C[C@H](C[C@@H]1CCNC1=O)NC(=O)[C@H](CC(C)C)NC(=O)[C@@H](NC(C)=O)C(C)O. The van der Waals surface area contributed by atoms with Gasteiger partial charge in [0.15, 0.2) is 0 Å². The number of amides is 4. The van der Waals surface area contributed by atoms with E-state index in [0.717, 1.165) is 0 Å². The highest BCUT2D eigenvalue weighted by Crippen LogP contribution is 2.17. The van der Waals surface area contributed by atoms with E-state index in [1.807, 2.05) is 13.8 Å². The average Bonchev–Trinajstić information content (AvgIpc) is 3.13. The van der Waals surface area contributed by atoms with Crippen LogP contribution in [-0.4, -0.2) is 72.1 Å². The first kappa shape index (κ1) is 29.1. The van der Waals surface area contributed by atoms with Gasteiger partial charge in [-0.1, -0.05) is 19.9 Å². The zero-order chi connectivity index (χ0) is 25.8. The van der Waals surface area contributed by atoms with Gasteiger partial charge in [-0.05, 0) is 39.0 Å². The summed E-state index contributed by atoms with van der Waals surface area (Å²) in [6.07, 6.45) is 2.69. The highest BCUT2D eigenvalue weighted by Gasteiger charge is 2.32. The maximum atomic E-state index is 13.1. The molecule has 5 atom stereocenters. The first-order chi connectivity index (χ1) is 15.9. The lowest BCUT2D eigenvalue weighted by atomic mass is 9.96. The maximum Gasteiger partial charge on any atom is 0.330 e. The molecule has 11 nitrogen and oxygen atoms in total. The number of hydrogen-bond donors (Lipinski definition) is 5. The third-order valence-corrected chi connectivity index (χ3v) is 5.24. The van der Waals surface area contributed by atoms with Crippen LogP contribution in [-0.2, 0) is 28.7 Å². The van der Waals surface area contributed by atoms with Crippen molar-refractivity contribution in [1.29, 1.82) is 0 Å². The topological polar surface area (TPSA) is 163 Å². The van der Waals surface area contributed by atoms with E-state index >= 15 is 0 Å². The number of aliphatic hydroxyl groups excluding tert-OH is 1. The fourth-order valence-corrected chi connectivity index (χ4v) is 3.62. The van der Waals surface area contributed by atoms with E-state index in [1.165, 1.54) is 26.0 Å². The van der Waals surface area contributed by atoms with Crippen molar-refractivity contribution >= 4 is 29.6 Å². The molecule has 0 bridgehead atoms. The van der Waals surface area contributed by atoms with Crippen LogP contribution in [0.5, 0.6) is 0 Å². The summed E-state index contributed by atoms with van der Waals surface area (Å²) in [5, 5.41) is 20.4. The highest BCUT2D eigenvalue weighted by atomic mass is 16.5. The van der Waals surface area contributed by atoms with E-state index in [4.69, 9.17) is 4.74 Å². The van der Waals surface area contributed by atoms with Gasteiger partial charge in [0.05, 0.1) is 12.7 Å². The Balaban J connectivity index is 3.02. The van der Waals surface area contributed by atoms with E-state index in [0.29, 0.717) is 19.4 Å². The van der Waals surface area contributed by atoms with E-state index in [9.17, 15) is 29.1 Å². The van der Waals surface area contributed by atoms with E-state index in [-0.39, 0.29) is 30.8 Å². The molecule has 0 aromatic heterocycles. The first-order valence-electron chi connectivity index (χ1n) is 11.6. The van der Waals surface area contributed by atoms with Gasteiger partial charge in [0.25, 0.3) is 0 Å². The van der Waals surface area contributed by atoms with Gasteiger partial charge in [0.1, 0.15) is 12.1 Å². The summed E-state index contributed by atoms with van der Waals surface area (Å²) in [5.74, 6) is -2.67. The summed E-state index contributed by atoms with van der Waals surface area (Å²) in [6, 6.07) is -2.83. The fraction of sp³-hybridized carbons (Fsp3) is 0.696. The molecule has 1 aliphatic heterocycles. The highest BCUT2D eigenvalue weighted by molar-refractivity contribution is 5.92. The van der Waals surface area contributed by atoms with Crippen LogP contribution in [0.15, 0.2) is 12.2 Å².